The predicted octanol–water partition coefficient (Wildman–Crippen LogP) is 3.11. The van der Waals surface area contributed by atoms with Gasteiger partial charge in [0.25, 0.3) is 0 Å². The van der Waals surface area contributed by atoms with E-state index in [4.69, 9.17) is 4.74 Å². The number of para-hydroxylation sites is 2. The van der Waals surface area contributed by atoms with Crippen LogP contribution in [0.1, 0.15) is 25.0 Å². The summed E-state index contributed by atoms with van der Waals surface area (Å²) in [5, 5.41) is 5.73. The summed E-state index contributed by atoms with van der Waals surface area (Å²) < 4.78 is 5.24. The second-order valence-corrected chi connectivity index (χ2v) is 6.38. The maximum absolute atomic E-state index is 12.3. The molecule has 0 saturated heterocycles. The van der Waals surface area contributed by atoms with Gasteiger partial charge in [0.05, 0.1) is 24.6 Å². The van der Waals surface area contributed by atoms with Gasteiger partial charge in [0.15, 0.2) is 0 Å². The minimum Gasteiger partial charge on any atom is -0.495 e. The van der Waals surface area contributed by atoms with E-state index in [1.165, 1.54) is 0 Å². The van der Waals surface area contributed by atoms with Crippen LogP contribution in [-0.4, -0.2) is 18.9 Å². The number of carbonyl (C=O) groups excluding carboxylic acids is 2. The molecule has 0 unspecified atom stereocenters. The quantitative estimate of drug-likeness (QED) is 0.908. The third kappa shape index (κ3) is 2.85. The molecule has 2 aromatic carbocycles. The minimum atomic E-state index is -0.579. The number of amides is 2. The highest BCUT2D eigenvalue weighted by Gasteiger charge is 2.38. The first kappa shape index (κ1) is 16.1. The molecular formula is C19H20N2O3. The number of benzene rings is 2. The van der Waals surface area contributed by atoms with Crippen molar-refractivity contribution in [1.29, 1.82) is 0 Å². The topological polar surface area (TPSA) is 67.4 Å². The first-order valence-corrected chi connectivity index (χ1v) is 7.79. The molecule has 0 atom stereocenters. The first-order chi connectivity index (χ1) is 11.4. The zero-order valence-electron chi connectivity index (χ0n) is 14.0. The average Bonchev–Trinajstić information content (AvgIpc) is 2.78. The number of methoxy groups -OCH3 is 1. The number of anilines is 2. The predicted molar refractivity (Wildman–Crippen MR) is 93.4 cm³/mol. The van der Waals surface area contributed by atoms with E-state index >= 15 is 0 Å². The van der Waals surface area contributed by atoms with Crippen LogP contribution in [0.15, 0.2) is 42.5 Å². The Morgan fingerprint density at radius 2 is 1.96 bits per heavy atom. The number of carbonyl (C=O) groups is 2. The maximum Gasteiger partial charge on any atom is 0.234 e. The van der Waals surface area contributed by atoms with Crippen LogP contribution in [0.4, 0.5) is 11.4 Å². The summed E-state index contributed by atoms with van der Waals surface area (Å²) in [6.07, 6.45) is 0.232. The molecule has 0 bridgehead atoms. The Labute approximate surface area is 141 Å². The van der Waals surface area contributed by atoms with Crippen molar-refractivity contribution in [1.82, 2.24) is 0 Å². The summed E-state index contributed by atoms with van der Waals surface area (Å²) >= 11 is 0. The summed E-state index contributed by atoms with van der Waals surface area (Å²) in [6.45, 7) is 3.76. The van der Waals surface area contributed by atoms with Crippen LogP contribution < -0.4 is 15.4 Å². The van der Waals surface area contributed by atoms with Crippen molar-refractivity contribution in [3.8, 4) is 5.75 Å². The van der Waals surface area contributed by atoms with Crippen molar-refractivity contribution in [2.24, 2.45) is 0 Å². The maximum atomic E-state index is 12.3. The molecule has 1 aliphatic rings. The molecule has 0 aromatic heterocycles. The number of nitrogens with one attached hydrogen (secondary N) is 2. The third-order valence-electron chi connectivity index (χ3n) is 4.32. The van der Waals surface area contributed by atoms with Crippen molar-refractivity contribution in [3.05, 3.63) is 53.6 Å². The lowest BCUT2D eigenvalue weighted by Crippen LogP contribution is -2.27. The van der Waals surface area contributed by atoms with Gasteiger partial charge in [0.1, 0.15) is 5.75 Å². The van der Waals surface area contributed by atoms with Crippen LogP contribution in [0.25, 0.3) is 0 Å². The first-order valence-electron chi connectivity index (χ1n) is 7.79. The Balaban J connectivity index is 1.77. The molecule has 2 aromatic rings. The second kappa shape index (κ2) is 6.00. The van der Waals surface area contributed by atoms with E-state index in [-0.39, 0.29) is 18.2 Å². The van der Waals surface area contributed by atoms with Crippen molar-refractivity contribution in [2.45, 2.75) is 25.7 Å². The zero-order valence-corrected chi connectivity index (χ0v) is 14.0. The van der Waals surface area contributed by atoms with Crippen LogP contribution in [0.3, 0.4) is 0 Å². The molecule has 1 heterocycles. The molecule has 0 saturated carbocycles. The summed E-state index contributed by atoms with van der Waals surface area (Å²) in [5.41, 5.74) is 2.67. The van der Waals surface area contributed by atoms with E-state index in [9.17, 15) is 9.59 Å². The van der Waals surface area contributed by atoms with Crippen LogP contribution in [0, 0.1) is 0 Å². The van der Waals surface area contributed by atoms with Crippen molar-refractivity contribution in [3.63, 3.8) is 0 Å². The average molecular weight is 324 g/mol. The monoisotopic (exact) mass is 324 g/mol. The van der Waals surface area contributed by atoms with Gasteiger partial charge in [0.2, 0.25) is 11.8 Å². The lowest BCUT2D eigenvalue weighted by molar-refractivity contribution is -0.119. The number of rotatable bonds is 4. The van der Waals surface area contributed by atoms with Crippen molar-refractivity contribution in [2.75, 3.05) is 17.7 Å². The van der Waals surface area contributed by atoms with Crippen molar-refractivity contribution < 1.29 is 14.3 Å². The summed E-state index contributed by atoms with van der Waals surface area (Å²) in [6, 6.07) is 12.9. The van der Waals surface area contributed by atoms with Gasteiger partial charge >= 0.3 is 0 Å². The molecular weight excluding hydrogens is 304 g/mol. The lowest BCUT2D eigenvalue weighted by atomic mass is 9.85. The van der Waals surface area contributed by atoms with Gasteiger partial charge in [-0.1, -0.05) is 24.3 Å². The van der Waals surface area contributed by atoms with E-state index in [2.05, 4.69) is 10.6 Å². The molecule has 5 nitrogen and oxygen atoms in total. The highest BCUT2D eigenvalue weighted by Crippen LogP contribution is 2.37. The fourth-order valence-electron chi connectivity index (χ4n) is 2.86. The Morgan fingerprint density at radius 3 is 2.71 bits per heavy atom. The third-order valence-corrected chi connectivity index (χ3v) is 4.32. The molecule has 124 valence electrons. The van der Waals surface area contributed by atoms with Gasteiger partial charge in [-0.15, -0.1) is 0 Å². The Morgan fingerprint density at radius 1 is 1.21 bits per heavy atom. The molecule has 1 aliphatic heterocycles. The van der Waals surface area contributed by atoms with Crippen molar-refractivity contribution >= 4 is 23.2 Å². The molecule has 0 radical (unpaired) electrons. The largest absolute Gasteiger partial charge is 0.495 e. The minimum absolute atomic E-state index is 0.0203. The van der Waals surface area contributed by atoms with Gasteiger partial charge < -0.3 is 15.4 Å². The SMILES string of the molecule is COc1ccccc1NC(=O)Cc1ccc2c(c1)C(C)(C)C(=O)N2. The van der Waals surface area contributed by atoms with E-state index < -0.39 is 5.41 Å². The summed E-state index contributed by atoms with van der Waals surface area (Å²) in [7, 11) is 1.57. The Kier molecular flexibility index (Phi) is 4.01. The normalized spacial score (nSPS) is 14.7. The van der Waals surface area contributed by atoms with Gasteiger partial charge in [-0.3, -0.25) is 9.59 Å². The van der Waals surface area contributed by atoms with E-state index in [1.54, 1.807) is 19.2 Å². The lowest BCUT2D eigenvalue weighted by Gasteiger charge is -2.16. The molecule has 2 amide bonds. The van der Waals surface area contributed by atoms with Gasteiger partial charge in [-0.05, 0) is 43.2 Å². The highest BCUT2D eigenvalue weighted by molar-refractivity contribution is 6.05. The van der Waals surface area contributed by atoms with Gasteiger partial charge in [0, 0.05) is 5.69 Å². The van der Waals surface area contributed by atoms with E-state index in [0.29, 0.717) is 11.4 Å². The molecule has 2 N–H and O–H groups in total. The Hall–Kier alpha value is -2.82. The smallest absolute Gasteiger partial charge is 0.234 e. The Bertz CT molecular complexity index is 812. The fraction of sp³-hybridized carbons (Fsp3) is 0.263. The second-order valence-electron chi connectivity index (χ2n) is 6.38. The number of hydrogen-bond donors (Lipinski definition) is 2. The molecule has 0 spiro atoms. The van der Waals surface area contributed by atoms with Crippen LogP contribution in [0.2, 0.25) is 0 Å². The standard InChI is InChI=1S/C19H20N2O3/c1-19(2)13-10-12(8-9-14(13)21-18(19)23)11-17(22)20-15-6-4-5-7-16(15)24-3/h4-10H,11H2,1-3H3,(H,20,22)(H,21,23). The van der Waals surface area contributed by atoms with Gasteiger partial charge in [-0.2, -0.15) is 0 Å². The molecule has 0 aliphatic carbocycles. The molecule has 24 heavy (non-hydrogen) atoms. The van der Waals surface area contributed by atoms with Crippen LogP contribution in [-0.2, 0) is 21.4 Å². The molecule has 3 rings (SSSR count). The molecule has 0 fully saturated rings. The van der Waals surface area contributed by atoms with Crippen LogP contribution in [0.5, 0.6) is 5.75 Å². The van der Waals surface area contributed by atoms with Crippen LogP contribution >= 0.6 is 0 Å². The fourth-order valence-corrected chi connectivity index (χ4v) is 2.86. The number of fused-ring (bicyclic) bond motifs is 1. The summed E-state index contributed by atoms with van der Waals surface area (Å²) in [5.74, 6) is 0.471. The van der Waals surface area contributed by atoms with E-state index in [0.717, 1.165) is 16.8 Å². The van der Waals surface area contributed by atoms with E-state index in [1.807, 2.05) is 44.2 Å². The zero-order chi connectivity index (χ0) is 17.3. The number of hydrogen-bond acceptors (Lipinski definition) is 3. The summed E-state index contributed by atoms with van der Waals surface area (Å²) in [4.78, 5) is 24.3. The van der Waals surface area contributed by atoms with Gasteiger partial charge in [-0.25, -0.2) is 0 Å². The number of ether oxygens (including phenoxy) is 1. The molecule has 5 heteroatoms. The highest BCUT2D eigenvalue weighted by atomic mass is 16.5.